The van der Waals surface area contributed by atoms with Gasteiger partial charge in [-0.25, -0.2) is 18.2 Å². The van der Waals surface area contributed by atoms with Crippen molar-refractivity contribution in [2.24, 2.45) is 7.05 Å². The third kappa shape index (κ3) is 4.41. The van der Waals surface area contributed by atoms with Crippen LogP contribution in [0.1, 0.15) is 26.1 Å². The molecule has 3 N–H and O–H groups in total. The minimum Gasteiger partial charge on any atom is -0.331 e. The van der Waals surface area contributed by atoms with Crippen molar-refractivity contribution in [2.45, 2.75) is 31.6 Å². The second-order valence-electron chi connectivity index (χ2n) is 7.71. The molecule has 11 heteroatoms. The topological polar surface area (TPSA) is 133 Å². The van der Waals surface area contributed by atoms with E-state index in [9.17, 15) is 18.0 Å². The van der Waals surface area contributed by atoms with Crippen molar-refractivity contribution < 1.29 is 13.2 Å². The number of imidazole rings is 2. The Morgan fingerprint density at radius 1 is 1.09 bits per heavy atom. The maximum atomic E-state index is 12.8. The number of nitrogens with zero attached hydrogens (tertiary/aromatic N) is 3. The Balaban J connectivity index is 1.49. The predicted molar refractivity (Wildman–Crippen MR) is 127 cm³/mol. The van der Waals surface area contributed by atoms with Crippen molar-refractivity contribution in [3.63, 3.8) is 0 Å². The second-order valence-corrected chi connectivity index (χ2v) is 9.65. The van der Waals surface area contributed by atoms with Gasteiger partial charge in [-0.1, -0.05) is 13.8 Å². The second kappa shape index (κ2) is 8.83. The number of carbonyl (C=O) groups excluding carboxylic acids is 1. The lowest BCUT2D eigenvalue weighted by Gasteiger charge is -2.18. The fourth-order valence-corrected chi connectivity index (χ4v) is 5.36. The average molecular weight is 471 g/mol. The number of hydrogen-bond acceptors (Lipinski definition) is 5. The van der Waals surface area contributed by atoms with Crippen LogP contribution in [0.25, 0.3) is 22.1 Å². The third-order valence-corrected chi connectivity index (χ3v) is 7.71. The van der Waals surface area contributed by atoms with Gasteiger partial charge in [0.25, 0.3) is 0 Å². The van der Waals surface area contributed by atoms with E-state index in [1.54, 1.807) is 50.2 Å². The van der Waals surface area contributed by atoms with Gasteiger partial charge in [0, 0.05) is 38.7 Å². The molecule has 0 radical (unpaired) electrons. The van der Waals surface area contributed by atoms with Crippen LogP contribution in [0.5, 0.6) is 0 Å². The molecule has 1 amide bonds. The molecule has 4 rings (SSSR count). The molecule has 0 fully saturated rings. The number of H-pyrrole nitrogens is 2. The first-order valence-corrected chi connectivity index (χ1v) is 12.1. The fraction of sp³-hybridized carbons (Fsp3) is 0.318. The van der Waals surface area contributed by atoms with E-state index in [0.29, 0.717) is 47.6 Å². The molecule has 2 heterocycles. The number of benzene rings is 2. The van der Waals surface area contributed by atoms with E-state index in [0.717, 1.165) is 5.52 Å². The number of carbonyl (C=O) groups is 1. The first-order valence-electron chi connectivity index (χ1n) is 10.7. The van der Waals surface area contributed by atoms with Crippen LogP contribution in [0.2, 0.25) is 0 Å². The van der Waals surface area contributed by atoms with Gasteiger partial charge in [0.2, 0.25) is 15.9 Å². The molecule has 0 aliphatic heterocycles. The summed E-state index contributed by atoms with van der Waals surface area (Å²) in [6.07, 6.45) is 0.585. The van der Waals surface area contributed by atoms with Gasteiger partial charge in [-0.3, -0.25) is 4.79 Å². The van der Waals surface area contributed by atoms with Crippen LogP contribution in [0.3, 0.4) is 0 Å². The highest BCUT2D eigenvalue weighted by molar-refractivity contribution is 7.89. The van der Waals surface area contributed by atoms with E-state index in [2.05, 4.69) is 20.3 Å². The minimum atomic E-state index is -3.58. The van der Waals surface area contributed by atoms with Crippen molar-refractivity contribution in [3.8, 4) is 0 Å². The van der Waals surface area contributed by atoms with Crippen molar-refractivity contribution >= 4 is 43.7 Å². The van der Waals surface area contributed by atoms with E-state index in [1.807, 2.05) is 11.6 Å². The monoisotopic (exact) mass is 470 g/mol. The molecule has 0 bridgehead atoms. The minimum absolute atomic E-state index is 0.191. The normalized spacial score (nSPS) is 12.1. The lowest BCUT2D eigenvalue weighted by Crippen LogP contribution is -2.30. The summed E-state index contributed by atoms with van der Waals surface area (Å²) in [5.74, 6) is 0.493. The van der Waals surface area contributed by atoms with E-state index in [4.69, 9.17) is 0 Å². The number of rotatable bonds is 8. The standard InChI is InChI=1S/C22H26N6O4S/c1-4-28(5-2)33(31,32)15-7-9-19-18(13-15)24-20(27(19)3)10-11-21(29)23-14-6-8-16-17(12-14)26-22(30)25-16/h6-9,12-13H,4-5,10-11H2,1-3H3,(H,23,29)(H2,25,26,30). The van der Waals surface area contributed by atoms with Crippen LogP contribution in [0.15, 0.2) is 46.1 Å². The Morgan fingerprint density at radius 2 is 1.82 bits per heavy atom. The number of fused-ring (bicyclic) bond motifs is 2. The zero-order chi connectivity index (χ0) is 23.8. The Morgan fingerprint density at radius 3 is 2.55 bits per heavy atom. The Hall–Kier alpha value is -3.44. The molecule has 0 saturated carbocycles. The van der Waals surface area contributed by atoms with Crippen LogP contribution < -0.4 is 11.0 Å². The molecule has 2 aromatic carbocycles. The lowest BCUT2D eigenvalue weighted by molar-refractivity contribution is -0.116. The summed E-state index contributed by atoms with van der Waals surface area (Å²) in [7, 11) is -1.73. The van der Waals surface area contributed by atoms with Gasteiger partial charge in [0.1, 0.15) is 5.82 Å². The van der Waals surface area contributed by atoms with E-state index >= 15 is 0 Å². The summed E-state index contributed by atoms with van der Waals surface area (Å²) in [4.78, 5) is 34.0. The number of sulfonamides is 1. The van der Waals surface area contributed by atoms with Gasteiger partial charge in [-0.2, -0.15) is 4.31 Å². The summed E-state index contributed by atoms with van der Waals surface area (Å²) in [5, 5.41) is 2.82. The summed E-state index contributed by atoms with van der Waals surface area (Å²) in [6.45, 7) is 4.40. The lowest BCUT2D eigenvalue weighted by atomic mass is 10.2. The van der Waals surface area contributed by atoms with Crippen molar-refractivity contribution in [2.75, 3.05) is 18.4 Å². The molecule has 0 aliphatic rings. The number of aromatic nitrogens is 4. The summed E-state index contributed by atoms with van der Waals surface area (Å²) in [5.41, 5.74) is 2.93. The van der Waals surface area contributed by atoms with Crippen LogP contribution in [0, 0.1) is 0 Å². The van der Waals surface area contributed by atoms with Crippen LogP contribution >= 0.6 is 0 Å². The molecule has 0 saturated heterocycles. The molecule has 33 heavy (non-hydrogen) atoms. The Bertz CT molecular complexity index is 1490. The number of amides is 1. The number of hydrogen-bond donors (Lipinski definition) is 3. The van der Waals surface area contributed by atoms with Gasteiger partial charge in [-0.15, -0.1) is 0 Å². The molecule has 2 aromatic heterocycles. The third-order valence-electron chi connectivity index (χ3n) is 5.66. The number of anilines is 1. The highest BCUT2D eigenvalue weighted by Crippen LogP contribution is 2.23. The molecular formula is C22H26N6O4S. The SMILES string of the molecule is CCN(CC)S(=O)(=O)c1ccc2c(c1)nc(CCC(=O)Nc1ccc3[nH]c(=O)[nH]c3c1)n2C. The maximum Gasteiger partial charge on any atom is 0.323 e. The van der Waals surface area contributed by atoms with Gasteiger partial charge >= 0.3 is 5.69 Å². The van der Waals surface area contributed by atoms with Crippen molar-refractivity contribution in [1.82, 2.24) is 23.8 Å². The smallest absolute Gasteiger partial charge is 0.323 e. The zero-order valence-corrected chi connectivity index (χ0v) is 19.5. The zero-order valence-electron chi connectivity index (χ0n) is 18.7. The van der Waals surface area contributed by atoms with Gasteiger partial charge in [0.15, 0.2) is 0 Å². The van der Waals surface area contributed by atoms with Crippen LogP contribution in [-0.2, 0) is 28.3 Å². The van der Waals surface area contributed by atoms with Gasteiger partial charge in [0.05, 0.1) is 27.0 Å². The van der Waals surface area contributed by atoms with Crippen LogP contribution in [0.4, 0.5) is 5.69 Å². The molecule has 0 spiro atoms. The van der Waals surface area contributed by atoms with Crippen molar-refractivity contribution in [3.05, 3.63) is 52.7 Å². The van der Waals surface area contributed by atoms with Crippen LogP contribution in [-0.4, -0.2) is 51.2 Å². The van der Waals surface area contributed by atoms with E-state index in [1.165, 1.54) is 4.31 Å². The quantitative estimate of drug-likeness (QED) is 0.364. The Labute approximate surface area is 190 Å². The van der Waals surface area contributed by atoms with Crippen molar-refractivity contribution in [1.29, 1.82) is 0 Å². The summed E-state index contributed by atoms with van der Waals surface area (Å²) >= 11 is 0. The predicted octanol–water partition coefficient (Wildman–Crippen LogP) is 2.34. The molecule has 4 aromatic rings. The number of aromatic amines is 2. The summed E-state index contributed by atoms with van der Waals surface area (Å²) in [6, 6.07) is 10.1. The highest BCUT2D eigenvalue weighted by atomic mass is 32.2. The molecule has 0 aliphatic carbocycles. The molecule has 174 valence electrons. The fourth-order valence-electron chi connectivity index (χ4n) is 3.89. The average Bonchev–Trinajstić information content (AvgIpc) is 3.30. The first kappa shape index (κ1) is 22.7. The largest absolute Gasteiger partial charge is 0.331 e. The molecule has 0 atom stereocenters. The highest BCUT2D eigenvalue weighted by Gasteiger charge is 2.22. The summed E-state index contributed by atoms with van der Waals surface area (Å²) < 4.78 is 28.9. The van der Waals surface area contributed by atoms with Gasteiger partial charge < -0.3 is 19.9 Å². The number of nitrogens with one attached hydrogen (secondary N) is 3. The molecular weight excluding hydrogens is 444 g/mol. The first-order chi connectivity index (χ1) is 15.7. The maximum absolute atomic E-state index is 12.8. The Kier molecular flexibility index (Phi) is 6.09. The molecule has 0 unspecified atom stereocenters. The van der Waals surface area contributed by atoms with Gasteiger partial charge in [-0.05, 0) is 36.4 Å². The van der Waals surface area contributed by atoms with E-state index < -0.39 is 10.0 Å². The van der Waals surface area contributed by atoms with E-state index in [-0.39, 0.29) is 22.9 Å². The molecule has 10 nitrogen and oxygen atoms in total. The number of aryl methyl sites for hydroxylation is 2.